The summed E-state index contributed by atoms with van der Waals surface area (Å²) in [5, 5.41) is 23.8. The molecule has 0 aromatic rings. The van der Waals surface area contributed by atoms with Crippen LogP contribution in [0, 0.1) is 0 Å². The maximum atomic E-state index is 13.2. The molecule has 0 spiro atoms. The van der Waals surface area contributed by atoms with E-state index in [1.165, 1.54) is 103 Å². The van der Waals surface area contributed by atoms with Crippen molar-refractivity contribution in [2.45, 2.75) is 251 Å². The molecule has 0 aliphatic rings. The summed E-state index contributed by atoms with van der Waals surface area (Å²) in [6.07, 6.45) is 71.5. The molecule has 0 aromatic heterocycles. The Bertz CT molecular complexity index is 1350. The van der Waals surface area contributed by atoms with Crippen LogP contribution in [-0.4, -0.2) is 46.9 Å². The van der Waals surface area contributed by atoms with Crippen LogP contribution in [0.25, 0.3) is 0 Å². The zero-order valence-corrected chi connectivity index (χ0v) is 42.8. The van der Waals surface area contributed by atoms with Crippen LogP contribution in [0.15, 0.2) is 109 Å². The predicted molar refractivity (Wildman–Crippen MR) is 287 cm³/mol. The molecule has 0 radical (unpaired) electrons. The van der Waals surface area contributed by atoms with Crippen molar-refractivity contribution >= 4 is 11.9 Å². The van der Waals surface area contributed by atoms with Gasteiger partial charge in [-0.1, -0.05) is 246 Å². The van der Waals surface area contributed by atoms with Crippen molar-refractivity contribution in [3.8, 4) is 0 Å². The van der Waals surface area contributed by atoms with Gasteiger partial charge < -0.3 is 20.3 Å². The van der Waals surface area contributed by atoms with E-state index in [4.69, 9.17) is 4.74 Å². The molecule has 1 amide bonds. The largest absolute Gasteiger partial charge is 0.462 e. The van der Waals surface area contributed by atoms with E-state index in [9.17, 15) is 19.8 Å². The molecule has 0 saturated carbocycles. The van der Waals surface area contributed by atoms with Crippen molar-refractivity contribution in [1.82, 2.24) is 5.32 Å². The molecule has 3 unspecified atom stereocenters. The minimum absolute atomic E-state index is 0.00928. The summed E-state index contributed by atoms with van der Waals surface area (Å²) in [7, 11) is 0. The highest BCUT2D eigenvalue weighted by Crippen LogP contribution is 2.17. The summed E-state index contributed by atoms with van der Waals surface area (Å²) in [6, 6.07) is -0.739. The average molecular weight is 916 g/mol. The molecular formula is C60H101NO5. The zero-order chi connectivity index (χ0) is 48.1. The smallest absolute Gasteiger partial charge is 0.306 e. The molecule has 66 heavy (non-hydrogen) atoms. The van der Waals surface area contributed by atoms with Gasteiger partial charge in [-0.15, -0.1) is 0 Å². The number of nitrogens with one attached hydrogen (secondary N) is 1. The van der Waals surface area contributed by atoms with Crippen LogP contribution in [0.2, 0.25) is 0 Å². The maximum Gasteiger partial charge on any atom is 0.306 e. The van der Waals surface area contributed by atoms with Crippen LogP contribution < -0.4 is 5.32 Å². The first-order valence-electron chi connectivity index (χ1n) is 27.2. The fraction of sp³-hybridized carbons (Fsp3) is 0.667. The van der Waals surface area contributed by atoms with Gasteiger partial charge in [0.05, 0.1) is 25.2 Å². The Hall–Kier alpha value is -3.48. The lowest BCUT2D eigenvalue weighted by Gasteiger charge is -2.24. The lowest BCUT2D eigenvalue weighted by atomic mass is 10.0. The lowest BCUT2D eigenvalue weighted by Crippen LogP contribution is -2.46. The van der Waals surface area contributed by atoms with Crippen molar-refractivity contribution in [2.75, 3.05) is 6.61 Å². The Balaban J connectivity index is 4.70. The number of carbonyl (C=O) groups excluding carboxylic acids is 2. The Morgan fingerprint density at radius 3 is 1.41 bits per heavy atom. The number of hydrogen-bond acceptors (Lipinski definition) is 5. The highest BCUT2D eigenvalue weighted by Gasteiger charge is 2.24. The van der Waals surface area contributed by atoms with Crippen LogP contribution in [0.4, 0.5) is 0 Å². The number of aliphatic hydroxyl groups is 2. The summed E-state index contributed by atoms with van der Waals surface area (Å²) in [5.74, 6) is -0.590. The molecule has 3 N–H and O–H groups in total. The average Bonchev–Trinajstić information content (AvgIpc) is 3.31. The molecule has 0 aliphatic carbocycles. The lowest BCUT2D eigenvalue weighted by molar-refractivity contribution is -0.151. The van der Waals surface area contributed by atoms with E-state index in [0.29, 0.717) is 19.3 Å². The Morgan fingerprint density at radius 1 is 0.470 bits per heavy atom. The first-order chi connectivity index (χ1) is 32.5. The van der Waals surface area contributed by atoms with E-state index in [-0.39, 0.29) is 24.9 Å². The van der Waals surface area contributed by atoms with Gasteiger partial charge in [-0.2, -0.15) is 0 Å². The van der Waals surface area contributed by atoms with Gasteiger partial charge in [0.15, 0.2) is 0 Å². The first kappa shape index (κ1) is 62.5. The third-order valence-corrected chi connectivity index (χ3v) is 11.7. The number of hydrogen-bond donors (Lipinski definition) is 3. The van der Waals surface area contributed by atoms with Crippen LogP contribution in [-0.2, 0) is 14.3 Å². The number of esters is 1. The molecule has 376 valence electrons. The van der Waals surface area contributed by atoms with Gasteiger partial charge in [-0.25, -0.2) is 0 Å². The summed E-state index contributed by atoms with van der Waals surface area (Å²) in [5.41, 5.74) is 0. The zero-order valence-electron chi connectivity index (χ0n) is 42.8. The van der Waals surface area contributed by atoms with Crippen LogP contribution >= 0.6 is 0 Å². The molecule has 6 heteroatoms. The molecule has 3 atom stereocenters. The third-order valence-electron chi connectivity index (χ3n) is 11.7. The quantitative estimate of drug-likeness (QED) is 0.0245. The second kappa shape index (κ2) is 52.5. The second-order valence-corrected chi connectivity index (χ2v) is 18.0. The normalized spacial score (nSPS) is 14.1. The molecule has 0 aliphatic heterocycles. The first-order valence-corrected chi connectivity index (χ1v) is 27.2. The van der Waals surface area contributed by atoms with E-state index in [2.05, 4.69) is 86.8 Å². The number of allylic oxidation sites excluding steroid dienone is 18. The van der Waals surface area contributed by atoms with Crippen molar-refractivity contribution in [2.24, 2.45) is 0 Å². The van der Waals surface area contributed by atoms with Crippen LogP contribution in [0.5, 0.6) is 0 Å². The topological polar surface area (TPSA) is 95.9 Å². The molecule has 0 aromatic carbocycles. The highest BCUT2D eigenvalue weighted by atomic mass is 16.5. The Morgan fingerprint density at radius 2 is 0.894 bits per heavy atom. The van der Waals surface area contributed by atoms with Gasteiger partial charge >= 0.3 is 5.97 Å². The SMILES string of the molecule is CC/C=C/C=C/C=C\C=C/C=C/CCCC(CC(=O)NC(CO)C(O)CCCCCCCCCCCCCCCCC)OC(=O)CCCCC/C=C\C/C=C\C/C=C\C/C=C\CCCCC. The third kappa shape index (κ3) is 47.0. The van der Waals surface area contributed by atoms with Gasteiger partial charge in [-0.05, 0) is 83.5 Å². The number of rotatable bonds is 47. The van der Waals surface area contributed by atoms with Gasteiger partial charge in [-0.3, -0.25) is 9.59 Å². The predicted octanol–water partition coefficient (Wildman–Crippen LogP) is 16.7. The second-order valence-electron chi connectivity index (χ2n) is 18.0. The molecule has 0 saturated heterocycles. The molecule has 0 heterocycles. The minimum atomic E-state index is -0.819. The van der Waals surface area contributed by atoms with Gasteiger partial charge in [0.2, 0.25) is 5.91 Å². The summed E-state index contributed by atoms with van der Waals surface area (Å²) in [6.45, 7) is 6.28. The number of amides is 1. The van der Waals surface area contributed by atoms with Crippen molar-refractivity contribution in [3.63, 3.8) is 0 Å². The van der Waals surface area contributed by atoms with Crippen LogP contribution in [0.1, 0.15) is 233 Å². The van der Waals surface area contributed by atoms with E-state index >= 15 is 0 Å². The summed E-state index contributed by atoms with van der Waals surface area (Å²) >= 11 is 0. The minimum Gasteiger partial charge on any atom is -0.462 e. The van der Waals surface area contributed by atoms with E-state index in [1.807, 2.05) is 48.6 Å². The Kier molecular flexibility index (Phi) is 49.7. The molecular weight excluding hydrogens is 815 g/mol. The fourth-order valence-electron chi connectivity index (χ4n) is 7.62. The van der Waals surface area contributed by atoms with Gasteiger partial charge in [0.25, 0.3) is 0 Å². The van der Waals surface area contributed by atoms with E-state index < -0.39 is 18.2 Å². The highest BCUT2D eigenvalue weighted by molar-refractivity contribution is 5.77. The van der Waals surface area contributed by atoms with Crippen molar-refractivity contribution in [1.29, 1.82) is 0 Å². The molecule has 0 fully saturated rings. The molecule has 0 bridgehead atoms. The number of aliphatic hydroxyl groups excluding tert-OH is 2. The van der Waals surface area contributed by atoms with Gasteiger partial charge in [0, 0.05) is 6.42 Å². The van der Waals surface area contributed by atoms with Crippen molar-refractivity contribution < 1.29 is 24.5 Å². The molecule has 0 rings (SSSR count). The standard InChI is InChI=1S/C60H101NO5/c1-4-7-10-13-16-19-22-25-27-28-29-30-32-35-38-41-44-47-50-53-60(65)66-56(51-48-45-42-39-36-33-24-21-18-15-12-9-6-3)54-59(64)61-57(55-62)58(63)52-49-46-43-40-37-34-31-26-23-20-17-14-11-8-5-2/h9,12,15-16,18-19,21,24-25,27,29-30,33,35-36,38-39,42,56-58,62-63H,4-8,10-11,13-14,17,20,22-23,26,28,31-32,34,37,40-41,43-55H2,1-3H3,(H,61,64)/b12-9+,18-15+,19-16-,24-21-,27-25-,30-29-,36-33-,38-35-,42-39+. The number of unbranched alkanes of at least 4 members (excludes halogenated alkanes) is 21. The van der Waals surface area contributed by atoms with E-state index in [0.717, 1.165) is 83.5 Å². The maximum absolute atomic E-state index is 13.2. The summed E-state index contributed by atoms with van der Waals surface area (Å²) in [4.78, 5) is 26.2. The number of carbonyl (C=O) groups is 2. The van der Waals surface area contributed by atoms with Crippen molar-refractivity contribution in [3.05, 3.63) is 109 Å². The van der Waals surface area contributed by atoms with Gasteiger partial charge in [0.1, 0.15) is 6.10 Å². The molecule has 6 nitrogen and oxygen atoms in total. The summed E-state index contributed by atoms with van der Waals surface area (Å²) < 4.78 is 5.89. The van der Waals surface area contributed by atoms with E-state index in [1.54, 1.807) is 0 Å². The Labute approximate surface area is 407 Å². The van der Waals surface area contributed by atoms with Crippen LogP contribution in [0.3, 0.4) is 0 Å². The monoisotopic (exact) mass is 916 g/mol. The fourth-order valence-corrected chi connectivity index (χ4v) is 7.62. The number of ether oxygens (including phenoxy) is 1.